The van der Waals surface area contributed by atoms with Crippen LogP contribution in [0.5, 0.6) is 0 Å². The Labute approximate surface area is 316 Å². The van der Waals surface area contributed by atoms with E-state index in [1.807, 2.05) is 0 Å². The first-order valence-corrected chi connectivity index (χ1v) is 18.9. The molecule has 0 saturated heterocycles. The van der Waals surface area contributed by atoms with Crippen LogP contribution in [0.2, 0.25) is 0 Å². The Kier molecular flexibility index (Phi) is 6.66. The number of nitrogens with zero attached hydrogens (tertiary/aromatic N) is 1. The first-order chi connectivity index (χ1) is 26.5. The monoisotopic (exact) mass is 687 g/mol. The number of benzene rings is 9. The Morgan fingerprint density at radius 1 is 0.296 bits per heavy atom. The third kappa shape index (κ3) is 4.72. The molecule has 9 aromatic rings. The number of rotatable bonds is 5. The van der Waals surface area contributed by atoms with Gasteiger partial charge in [0.1, 0.15) is 0 Å². The molecule has 11 rings (SSSR count). The van der Waals surface area contributed by atoms with E-state index in [1.165, 1.54) is 88.3 Å². The Balaban J connectivity index is 1.02. The topological polar surface area (TPSA) is 3.24 Å². The van der Waals surface area contributed by atoms with E-state index in [2.05, 4.69) is 207 Å². The molecule has 254 valence electrons. The van der Waals surface area contributed by atoms with E-state index in [-0.39, 0.29) is 5.41 Å². The number of hydrogen-bond donors (Lipinski definition) is 0. The molecule has 0 atom stereocenters. The van der Waals surface area contributed by atoms with Crippen LogP contribution in [0.25, 0.3) is 77.2 Å². The van der Waals surface area contributed by atoms with Gasteiger partial charge in [-0.05, 0) is 155 Å². The lowest BCUT2D eigenvalue weighted by molar-refractivity contribution is 0.660. The molecular formula is C53H37N. The Morgan fingerprint density at radius 3 is 1.44 bits per heavy atom. The second-order valence-corrected chi connectivity index (χ2v) is 15.4. The van der Waals surface area contributed by atoms with Gasteiger partial charge in [0.05, 0.1) is 0 Å². The van der Waals surface area contributed by atoms with E-state index in [0.717, 1.165) is 17.1 Å². The molecule has 0 aromatic heterocycles. The van der Waals surface area contributed by atoms with Crippen LogP contribution in [0, 0.1) is 0 Å². The molecule has 1 nitrogen and oxygen atoms in total. The van der Waals surface area contributed by atoms with Crippen molar-refractivity contribution in [3.05, 3.63) is 199 Å². The smallest absolute Gasteiger partial charge is 0.0468 e. The van der Waals surface area contributed by atoms with Gasteiger partial charge in [-0.2, -0.15) is 0 Å². The van der Waals surface area contributed by atoms with Crippen molar-refractivity contribution in [1.82, 2.24) is 0 Å². The average molecular weight is 688 g/mol. The summed E-state index contributed by atoms with van der Waals surface area (Å²) in [5.74, 6) is 0. The molecule has 2 aliphatic carbocycles. The summed E-state index contributed by atoms with van der Waals surface area (Å²) in [5.41, 5.74) is 19.1. The van der Waals surface area contributed by atoms with Crippen LogP contribution in [0.1, 0.15) is 25.0 Å². The van der Waals surface area contributed by atoms with Gasteiger partial charge in [0.25, 0.3) is 0 Å². The number of hydrogen-bond acceptors (Lipinski definition) is 1. The summed E-state index contributed by atoms with van der Waals surface area (Å²) >= 11 is 0. The molecule has 0 amide bonds. The maximum Gasteiger partial charge on any atom is 0.0468 e. The molecule has 0 saturated carbocycles. The third-order valence-corrected chi connectivity index (χ3v) is 11.9. The molecule has 0 spiro atoms. The molecule has 0 unspecified atom stereocenters. The van der Waals surface area contributed by atoms with Gasteiger partial charge in [-0.15, -0.1) is 0 Å². The maximum atomic E-state index is 2.43. The Bertz CT molecular complexity index is 2940. The van der Waals surface area contributed by atoms with Crippen LogP contribution < -0.4 is 4.90 Å². The molecule has 0 heterocycles. The zero-order valence-corrected chi connectivity index (χ0v) is 30.3. The summed E-state index contributed by atoms with van der Waals surface area (Å²) in [4.78, 5) is 2.43. The predicted molar refractivity (Wildman–Crippen MR) is 229 cm³/mol. The highest BCUT2D eigenvalue weighted by molar-refractivity contribution is 6.12. The summed E-state index contributed by atoms with van der Waals surface area (Å²) in [7, 11) is 0. The first kappa shape index (κ1) is 30.9. The van der Waals surface area contributed by atoms with Gasteiger partial charge in [0, 0.05) is 22.5 Å². The zero-order valence-electron chi connectivity index (χ0n) is 30.3. The second kappa shape index (κ2) is 11.7. The Morgan fingerprint density at radius 2 is 0.759 bits per heavy atom. The van der Waals surface area contributed by atoms with Crippen molar-refractivity contribution < 1.29 is 0 Å². The minimum absolute atomic E-state index is 0.0862. The van der Waals surface area contributed by atoms with E-state index >= 15 is 0 Å². The second-order valence-electron chi connectivity index (χ2n) is 15.4. The predicted octanol–water partition coefficient (Wildman–Crippen LogP) is 14.8. The van der Waals surface area contributed by atoms with Crippen molar-refractivity contribution in [1.29, 1.82) is 0 Å². The van der Waals surface area contributed by atoms with Gasteiger partial charge < -0.3 is 4.90 Å². The molecule has 9 aromatic carbocycles. The summed E-state index contributed by atoms with van der Waals surface area (Å²) in [6, 6.07) is 69.6. The summed E-state index contributed by atoms with van der Waals surface area (Å²) in [6.45, 7) is 4.72. The van der Waals surface area contributed by atoms with E-state index < -0.39 is 0 Å². The van der Waals surface area contributed by atoms with E-state index in [0.29, 0.717) is 0 Å². The lowest BCUT2D eigenvalue weighted by atomic mass is 9.77. The van der Waals surface area contributed by atoms with Crippen molar-refractivity contribution in [2.24, 2.45) is 0 Å². The lowest BCUT2D eigenvalue weighted by Crippen LogP contribution is -2.16. The van der Waals surface area contributed by atoms with Crippen LogP contribution in [0.3, 0.4) is 0 Å². The normalized spacial score (nSPS) is 13.1. The largest absolute Gasteiger partial charge is 0.310 e. The van der Waals surface area contributed by atoms with Crippen molar-refractivity contribution in [3.8, 4) is 55.6 Å². The molecule has 0 fully saturated rings. The zero-order chi connectivity index (χ0) is 36.0. The lowest BCUT2D eigenvalue weighted by Gasteiger charge is -2.29. The molecule has 0 bridgehead atoms. The quantitative estimate of drug-likeness (QED) is 0.174. The molecule has 0 N–H and O–H groups in total. The molecule has 0 radical (unpaired) electrons. The molecule has 2 aliphatic rings. The number of anilines is 3. The fraction of sp³-hybridized carbons (Fsp3) is 0.0566. The van der Waals surface area contributed by atoms with Gasteiger partial charge in [0.15, 0.2) is 0 Å². The number of fused-ring (bicyclic) bond motifs is 9. The molecule has 1 heteroatoms. The van der Waals surface area contributed by atoms with E-state index in [1.54, 1.807) is 0 Å². The van der Waals surface area contributed by atoms with Crippen molar-refractivity contribution in [2.75, 3.05) is 4.90 Å². The highest BCUT2D eigenvalue weighted by Gasteiger charge is 2.35. The third-order valence-electron chi connectivity index (χ3n) is 11.9. The average Bonchev–Trinajstić information content (AvgIpc) is 3.45. The first-order valence-electron chi connectivity index (χ1n) is 18.9. The molecule has 0 aliphatic heterocycles. The van der Waals surface area contributed by atoms with Gasteiger partial charge in [0.2, 0.25) is 0 Å². The molecular weight excluding hydrogens is 651 g/mol. The maximum absolute atomic E-state index is 2.43. The molecule has 54 heavy (non-hydrogen) atoms. The SMILES string of the molecule is CC1(C)c2ccccc2-c2ccc(N(c3ccc(-c4ccccc4)cc3)c3ccc4cc5c(cc4c3)-c3cc4ccc(-c6ccccc6)cc4cc3-5)cc21. The minimum Gasteiger partial charge on any atom is -0.310 e. The fourth-order valence-electron chi connectivity index (χ4n) is 9.07. The van der Waals surface area contributed by atoms with Crippen molar-refractivity contribution in [2.45, 2.75) is 19.3 Å². The van der Waals surface area contributed by atoms with Gasteiger partial charge in [-0.3, -0.25) is 0 Å². The van der Waals surface area contributed by atoms with Gasteiger partial charge in [-0.1, -0.05) is 135 Å². The van der Waals surface area contributed by atoms with Crippen LogP contribution in [-0.2, 0) is 5.41 Å². The van der Waals surface area contributed by atoms with Crippen LogP contribution in [0.15, 0.2) is 188 Å². The summed E-state index contributed by atoms with van der Waals surface area (Å²) in [6.07, 6.45) is 0. The van der Waals surface area contributed by atoms with Crippen LogP contribution >= 0.6 is 0 Å². The summed E-state index contributed by atoms with van der Waals surface area (Å²) < 4.78 is 0. The highest BCUT2D eigenvalue weighted by atomic mass is 15.1. The summed E-state index contributed by atoms with van der Waals surface area (Å²) in [5, 5.41) is 5.06. The minimum atomic E-state index is -0.0862. The highest BCUT2D eigenvalue weighted by Crippen LogP contribution is 2.53. The van der Waals surface area contributed by atoms with Gasteiger partial charge in [-0.25, -0.2) is 0 Å². The van der Waals surface area contributed by atoms with E-state index in [9.17, 15) is 0 Å². The van der Waals surface area contributed by atoms with Crippen molar-refractivity contribution in [3.63, 3.8) is 0 Å². The van der Waals surface area contributed by atoms with Crippen LogP contribution in [0.4, 0.5) is 17.1 Å². The van der Waals surface area contributed by atoms with Crippen LogP contribution in [-0.4, -0.2) is 0 Å². The fourth-order valence-corrected chi connectivity index (χ4v) is 9.07. The van der Waals surface area contributed by atoms with Crippen molar-refractivity contribution >= 4 is 38.6 Å². The standard InChI is InChI=1S/C53H37N/c1-53(2)51-16-10-9-15-45(51)46-26-25-44(33-52(46)53)54(42-22-19-36(20-23-42)34-11-5-3-6-12-34)43-24-21-39-30-48-49-31-40-27-37(35-13-7-4-8-14-35)17-18-38(40)29-47(49)50(48)32-41(39)28-43/h3-33H,1-2H3. The van der Waals surface area contributed by atoms with E-state index in [4.69, 9.17) is 0 Å². The Hall–Kier alpha value is -6.70. The van der Waals surface area contributed by atoms with Gasteiger partial charge >= 0.3 is 0 Å².